The van der Waals surface area contributed by atoms with Gasteiger partial charge in [0.25, 0.3) is 0 Å². The summed E-state index contributed by atoms with van der Waals surface area (Å²) in [6, 6.07) is 4.53. The van der Waals surface area contributed by atoms with Crippen LogP contribution in [0.3, 0.4) is 0 Å². The van der Waals surface area contributed by atoms with Crippen LogP contribution >= 0.6 is 0 Å². The van der Waals surface area contributed by atoms with E-state index in [1.54, 1.807) is 7.11 Å². The van der Waals surface area contributed by atoms with Crippen LogP contribution in [0.25, 0.3) is 0 Å². The van der Waals surface area contributed by atoms with Crippen molar-refractivity contribution in [1.29, 1.82) is 0 Å². The number of carbonyl (C=O) groups is 1. The molecule has 1 aromatic carbocycles. The molecule has 2 heterocycles. The highest BCUT2D eigenvalue weighted by Crippen LogP contribution is 2.46. The number of rotatable bonds is 15. The topological polar surface area (TPSA) is 54.5 Å². The molecule has 220 valence electrons. The molecule has 0 bridgehead atoms. The fraction of sp³-hybridized carbons (Fsp3) is 0.719. The van der Waals surface area contributed by atoms with Crippen molar-refractivity contribution < 1.29 is 19.0 Å². The Kier molecular flexibility index (Phi) is 11.6. The number of hydrogen-bond donors (Lipinski definition) is 0. The minimum Gasteiger partial charge on any atom is -0.493 e. The molecule has 39 heavy (non-hydrogen) atoms. The highest BCUT2D eigenvalue weighted by Gasteiger charge is 2.38. The van der Waals surface area contributed by atoms with Crippen LogP contribution in [-0.2, 0) is 4.79 Å². The monoisotopic (exact) mass is 543 g/mol. The van der Waals surface area contributed by atoms with Gasteiger partial charge in [-0.1, -0.05) is 38.8 Å². The number of ether oxygens (including phenoxy) is 3. The van der Waals surface area contributed by atoms with Crippen molar-refractivity contribution in [2.45, 2.75) is 85.1 Å². The smallest absolute Gasteiger partial charge is 0.236 e. The molecule has 1 saturated heterocycles. The van der Waals surface area contributed by atoms with Gasteiger partial charge in [0.05, 0.1) is 13.7 Å². The Morgan fingerprint density at radius 1 is 1.13 bits per heavy atom. The molecule has 0 radical (unpaired) electrons. The first-order chi connectivity index (χ1) is 18.5. The first-order valence-corrected chi connectivity index (χ1v) is 14.8. The molecule has 1 amide bonds. The molecular formula is C32H53N3O4. The lowest BCUT2D eigenvalue weighted by atomic mass is 9.82. The summed E-state index contributed by atoms with van der Waals surface area (Å²) in [5.41, 5.74) is 2.59. The third-order valence-electron chi connectivity index (χ3n) is 7.88. The van der Waals surface area contributed by atoms with Gasteiger partial charge in [0.2, 0.25) is 18.4 Å². The Balaban J connectivity index is 1.79. The molecule has 2 atom stereocenters. The fourth-order valence-electron chi connectivity index (χ4n) is 6.18. The number of benzene rings is 1. The molecule has 2 aliphatic heterocycles. The van der Waals surface area contributed by atoms with E-state index in [1.165, 1.54) is 11.1 Å². The maximum absolute atomic E-state index is 13.7. The van der Waals surface area contributed by atoms with Gasteiger partial charge in [-0.05, 0) is 95.6 Å². The summed E-state index contributed by atoms with van der Waals surface area (Å²) in [5, 5.41) is 0. The van der Waals surface area contributed by atoms with Crippen molar-refractivity contribution in [2.75, 3.05) is 60.7 Å². The Morgan fingerprint density at radius 3 is 2.51 bits per heavy atom. The van der Waals surface area contributed by atoms with Gasteiger partial charge in [-0.15, -0.1) is 0 Å². The van der Waals surface area contributed by atoms with Crippen LogP contribution < -0.4 is 14.2 Å². The first kappa shape index (κ1) is 31.3. The second-order valence-electron chi connectivity index (χ2n) is 12.6. The maximum atomic E-state index is 13.7. The number of likely N-dealkylation sites (tertiary alicyclic amines) is 1. The van der Waals surface area contributed by atoms with Crippen LogP contribution in [0.1, 0.15) is 84.6 Å². The van der Waals surface area contributed by atoms with Gasteiger partial charge in [-0.2, -0.15) is 0 Å². The Labute approximate surface area is 237 Å². The zero-order chi connectivity index (χ0) is 28.6. The Bertz CT molecular complexity index is 970. The van der Waals surface area contributed by atoms with Crippen LogP contribution in [0.4, 0.5) is 0 Å². The number of unbranched alkanes of at least 4 members (excludes halogenated alkanes) is 2. The molecule has 1 fully saturated rings. The zero-order valence-electron chi connectivity index (χ0n) is 25.8. The van der Waals surface area contributed by atoms with Gasteiger partial charge in [0, 0.05) is 25.7 Å². The maximum Gasteiger partial charge on any atom is 0.236 e. The molecule has 0 N–H and O–H groups in total. The van der Waals surface area contributed by atoms with Crippen molar-refractivity contribution >= 4 is 5.91 Å². The molecule has 7 heteroatoms. The summed E-state index contributed by atoms with van der Waals surface area (Å²) < 4.78 is 17.0. The molecule has 7 nitrogen and oxygen atoms in total. The van der Waals surface area contributed by atoms with E-state index < -0.39 is 0 Å². The predicted octanol–water partition coefficient (Wildman–Crippen LogP) is 5.93. The minimum atomic E-state index is 0.0559. The molecule has 3 rings (SSSR count). The Hall–Kier alpha value is -2.25. The van der Waals surface area contributed by atoms with Gasteiger partial charge in [0.1, 0.15) is 0 Å². The van der Waals surface area contributed by atoms with Crippen LogP contribution in [-0.4, -0.2) is 87.4 Å². The van der Waals surface area contributed by atoms with Gasteiger partial charge >= 0.3 is 0 Å². The van der Waals surface area contributed by atoms with E-state index in [9.17, 15) is 4.79 Å². The van der Waals surface area contributed by atoms with Crippen LogP contribution in [0.2, 0.25) is 0 Å². The second-order valence-corrected chi connectivity index (χ2v) is 12.6. The lowest BCUT2D eigenvalue weighted by Gasteiger charge is -2.32. The van der Waals surface area contributed by atoms with E-state index in [4.69, 9.17) is 14.2 Å². The highest BCUT2D eigenvalue weighted by molar-refractivity contribution is 5.78. The average Bonchev–Trinajstić information content (AvgIpc) is 3.48. The number of amides is 1. The first-order valence-electron chi connectivity index (χ1n) is 14.8. The van der Waals surface area contributed by atoms with Crippen molar-refractivity contribution in [3.63, 3.8) is 0 Å². The molecule has 1 aromatic rings. The van der Waals surface area contributed by atoms with Crippen molar-refractivity contribution in [1.82, 2.24) is 14.7 Å². The molecule has 0 spiro atoms. The van der Waals surface area contributed by atoms with Crippen LogP contribution in [0.15, 0.2) is 23.8 Å². The fourth-order valence-corrected chi connectivity index (χ4v) is 6.18. The summed E-state index contributed by atoms with van der Waals surface area (Å²) in [6.07, 6.45) is 8.71. The van der Waals surface area contributed by atoms with Crippen LogP contribution in [0, 0.1) is 5.41 Å². The lowest BCUT2D eigenvalue weighted by Crippen LogP contribution is -2.44. The minimum absolute atomic E-state index is 0.0559. The molecule has 2 aliphatic rings. The summed E-state index contributed by atoms with van der Waals surface area (Å²) in [7, 11) is 5.89. The largest absolute Gasteiger partial charge is 0.493 e. The quantitative estimate of drug-likeness (QED) is 0.202. The molecule has 0 aromatic heterocycles. The van der Waals surface area contributed by atoms with E-state index in [1.807, 2.05) is 0 Å². The second kappa shape index (κ2) is 14.4. The standard InChI is InChI=1S/C32H53N3O4/c1-9-10-14-34(15-12-11-13-33(6)7)30(36)22-35-21-26(16-27(35)20-32(4,5)19-24(2)3)25-17-28(37-8)31-29(18-25)38-23-39-31/h17-19,26-27H,9-16,20-23H2,1-8H3/t26-,27-/m1/s1. The molecule has 0 saturated carbocycles. The number of carbonyl (C=O) groups excluding carboxylic acids is 1. The van der Waals surface area contributed by atoms with Gasteiger partial charge in [0.15, 0.2) is 11.5 Å². The third kappa shape index (κ3) is 9.14. The van der Waals surface area contributed by atoms with Crippen molar-refractivity contribution in [2.24, 2.45) is 5.41 Å². The third-order valence-corrected chi connectivity index (χ3v) is 7.88. The zero-order valence-corrected chi connectivity index (χ0v) is 25.8. The summed E-state index contributed by atoms with van der Waals surface area (Å²) >= 11 is 0. The summed E-state index contributed by atoms with van der Waals surface area (Å²) in [5.74, 6) is 2.73. The van der Waals surface area contributed by atoms with Gasteiger partial charge < -0.3 is 24.0 Å². The van der Waals surface area contributed by atoms with E-state index in [-0.39, 0.29) is 18.1 Å². The number of nitrogens with zero attached hydrogens (tertiary/aromatic N) is 3. The summed E-state index contributed by atoms with van der Waals surface area (Å²) in [4.78, 5) is 20.5. The number of allylic oxidation sites excluding steroid dienone is 2. The van der Waals surface area contributed by atoms with Crippen molar-refractivity contribution in [3.8, 4) is 17.2 Å². The number of methoxy groups -OCH3 is 1. The van der Waals surface area contributed by atoms with Gasteiger partial charge in [-0.25, -0.2) is 0 Å². The van der Waals surface area contributed by atoms with E-state index in [2.05, 4.69) is 81.6 Å². The lowest BCUT2D eigenvalue weighted by molar-refractivity contribution is -0.133. The van der Waals surface area contributed by atoms with Crippen LogP contribution in [0.5, 0.6) is 17.2 Å². The van der Waals surface area contributed by atoms with Crippen molar-refractivity contribution in [3.05, 3.63) is 29.3 Å². The predicted molar refractivity (Wildman–Crippen MR) is 159 cm³/mol. The van der Waals surface area contributed by atoms with E-state index in [0.717, 1.165) is 76.2 Å². The van der Waals surface area contributed by atoms with Gasteiger partial charge in [-0.3, -0.25) is 9.69 Å². The number of hydrogen-bond acceptors (Lipinski definition) is 6. The summed E-state index contributed by atoms with van der Waals surface area (Å²) in [6.45, 7) is 15.5. The SMILES string of the molecule is CCCCN(CCCCN(C)C)C(=O)CN1C[C@H](c2cc(OC)c3c(c2)OCO3)C[C@@H]1CC(C)(C)C=C(C)C. The van der Waals surface area contributed by atoms with E-state index in [0.29, 0.717) is 24.3 Å². The molecule has 0 unspecified atom stereocenters. The normalized spacial score (nSPS) is 19.0. The number of fused-ring (bicyclic) bond motifs is 1. The average molecular weight is 544 g/mol. The Morgan fingerprint density at radius 2 is 1.85 bits per heavy atom. The molecule has 0 aliphatic carbocycles. The van der Waals surface area contributed by atoms with E-state index >= 15 is 0 Å². The molecular weight excluding hydrogens is 490 g/mol. The highest BCUT2D eigenvalue weighted by atomic mass is 16.7.